The molecule has 1 aliphatic rings. The highest BCUT2D eigenvalue weighted by Gasteiger charge is 2.25. The fourth-order valence-corrected chi connectivity index (χ4v) is 5.75. The maximum absolute atomic E-state index is 12.2. The smallest absolute Gasteiger partial charge is 0.346 e. The van der Waals surface area contributed by atoms with Gasteiger partial charge in [0.15, 0.2) is 0 Å². The van der Waals surface area contributed by atoms with Gasteiger partial charge in [-0.2, -0.15) is 11.8 Å². The third-order valence-corrected chi connectivity index (χ3v) is 7.27. The SMILES string of the molecule is Cc1cc(S(=O)(=O)NC2CCCSC2)sc1C(=O)O. The lowest BCUT2D eigenvalue weighted by Crippen LogP contribution is -2.37. The van der Waals surface area contributed by atoms with Crippen LogP contribution in [0.1, 0.15) is 28.1 Å². The standard InChI is InChI=1S/C11H15NO4S3/c1-7-5-9(18-10(7)11(13)14)19(15,16)12-8-3-2-4-17-6-8/h5,8,12H,2-4,6H2,1H3,(H,13,14). The van der Waals surface area contributed by atoms with Gasteiger partial charge in [0.2, 0.25) is 10.0 Å². The molecule has 1 fully saturated rings. The van der Waals surface area contributed by atoms with Crippen LogP contribution in [0.25, 0.3) is 0 Å². The van der Waals surface area contributed by atoms with Crippen molar-refractivity contribution in [1.29, 1.82) is 0 Å². The Hall–Kier alpha value is -0.570. The highest BCUT2D eigenvalue weighted by molar-refractivity contribution is 7.99. The molecule has 0 saturated carbocycles. The molecule has 1 saturated heterocycles. The first-order valence-corrected chi connectivity index (χ1v) is 9.29. The molecule has 19 heavy (non-hydrogen) atoms. The van der Waals surface area contributed by atoms with E-state index in [0.717, 1.165) is 35.7 Å². The van der Waals surface area contributed by atoms with Crippen molar-refractivity contribution in [3.8, 4) is 0 Å². The summed E-state index contributed by atoms with van der Waals surface area (Å²) in [7, 11) is -3.60. The monoisotopic (exact) mass is 321 g/mol. The minimum absolute atomic E-state index is 0.0561. The summed E-state index contributed by atoms with van der Waals surface area (Å²) < 4.78 is 27.1. The third-order valence-electron chi connectivity index (χ3n) is 2.84. The summed E-state index contributed by atoms with van der Waals surface area (Å²) in [5.74, 6) is 0.756. The van der Waals surface area contributed by atoms with Crippen LogP contribution in [0, 0.1) is 6.92 Å². The van der Waals surface area contributed by atoms with E-state index in [-0.39, 0.29) is 15.1 Å². The van der Waals surface area contributed by atoms with Crippen molar-refractivity contribution in [3.63, 3.8) is 0 Å². The van der Waals surface area contributed by atoms with E-state index in [9.17, 15) is 13.2 Å². The van der Waals surface area contributed by atoms with Crippen LogP contribution in [-0.4, -0.2) is 37.0 Å². The zero-order valence-corrected chi connectivity index (χ0v) is 12.8. The van der Waals surface area contributed by atoms with Crippen LogP contribution in [0.4, 0.5) is 0 Å². The van der Waals surface area contributed by atoms with Gasteiger partial charge in [-0.25, -0.2) is 17.9 Å². The molecule has 1 aliphatic heterocycles. The van der Waals surface area contributed by atoms with E-state index >= 15 is 0 Å². The number of hydrogen-bond donors (Lipinski definition) is 2. The number of thiophene rings is 1. The van der Waals surface area contributed by atoms with Gasteiger partial charge in [0.1, 0.15) is 9.09 Å². The number of thioether (sulfide) groups is 1. The molecule has 0 spiro atoms. The predicted molar refractivity (Wildman–Crippen MR) is 76.7 cm³/mol. The van der Waals surface area contributed by atoms with Gasteiger partial charge >= 0.3 is 5.97 Å². The second-order valence-corrected chi connectivity index (χ2v) is 8.56. The second-order valence-electron chi connectivity index (χ2n) is 4.42. The minimum atomic E-state index is -3.60. The van der Waals surface area contributed by atoms with Crippen molar-refractivity contribution in [2.24, 2.45) is 0 Å². The molecule has 2 rings (SSSR count). The first-order valence-electron chi connectivity index (χ1n) is 5.84. The molecule has 0 radical (unpaired) electrons. The largest absolute Gasteiger partial charge is 0.477 e. The van der Waals surface area contributed by atoms with E-state index in [1.807, 2.05) is 0 Å². The molecule has 106 valence electrons. The average Bonchev–Trinajstić information content (AvgIpc) is 2.73. The molecule has 2 heterocycles. The van der Waals surface area contributed by atoms with E-state index in [2.05, 4.69) is 4.72 Å². The van der Waals surface area contributed by atoms with Gasteiger partial charge < -0.3 is 5.11 Å². The van der Waals surface area contributed by atoms with Crippen LogP contribution in [-0.2, 0) is 10.0 Å². The zero-order valence-electron chi connectivity index (χ0n) is 10.4. The van der Waals surface area contributed by atoms with E-state index in [1.165, 1.54) is 6.07 Å². The van der Waals surface area contributed by atoms with E-state index < -0.39 is 16.0 Å². The quantitative estimate of drug-likeness (QED) is 0.885. The molecule has 1 unspecified atom stereocenters. The molecule has 1 aromatic heterocycles. The van der Waals surface area contributed by atoms with Crippen LogP contribution < -0.4 is 4.72 Å². The number of hydrogen-bond acceptors (Lipinski definition) is 5. The van der Waals surface area contributed by atoms with Gasteiger partial charge in [0.25, 0.3) is 0 Å². The molecule has 1 atom stereocenters. The third kappa shape index (κ3) is 3.50. The number of sulfonamides is 1. The Balaban J connectivity index is 2.19. The lowest BCUT2D eigenvalue weighted by Gasteiger charge is -2.21. The lowest BCUT2D eigenvalue weighted by atomic mass is 10.2. The highest BCUT2D eigenvalue weighted by atomic mass is 32.2. The first kappa shape index (κ1) is 14.8. The first-order chi connectivity index (χ1) is 8.90. The van der Waals surface area contributed by atoms with E-state index in [0.29, 0.717) is 5.56 Å². The average molecular weight is 321 g/mol. The maximum Gasteiger partial charge on any atom is 0.346 e. The van der Waals surface area contributed by atoms with Gasteiger partial charge in [0, 0.05) is 11.8 Å². The summed E-state index contributed by atoms with van der Waals surface area (Å²) in [4.78, 5) is 11.0. The number of rotatable bonds is 4. The van der Waals surface area contributed by atoms with Crippen LogP contribution in [0.3, 0.4) is 0 Å². The summed E-state index contributed by atoms with van der Waals surface area (Å²) in [6.07, 6.45) is 1.84. The fourth-order valence-electron chi connectivity index (χ4n) is 1.91. The summed E-state index contributed by atoms with van der Waals surface area (Å²) >= 11 is 2.54. The zero-order chi connectivity index (χ0) is 14.0. The number of carboxylic acids is 1. The van der Waals surface area contributed by atoms with Crippen LogP contribution in [0.2, 0.25) is 0 Å². The molecule has 0 bridgehead atoms. The van der Waals surface area contributed by atoms with Crippen LogP contribution >= 0.6 is 23.1 Å². The number of carboxylic acid groups (broad SMARTS) is 1. The lowest BCUT2D eigenvalue weighted by molar-refractivity contribution is 0.0701. The van der Waals surface area contributed by atoms with Gasteiger partial charge in [0.05, 0.1) is 0 Å². The van der Waals surface area contributed by atoms with Crippen molar-refractivity contribution in [3.05, 3.63) is 16.5 Å². The molecular formula is C11H15NO4S3. The molecule has 0 aromatic carbocycles. The normalized spacial score (nSPS) is 20.4. The minimum Gasteiger partial charge on any atom is -0.477 e. The van der Waals surface area contributed by atoms with Gasteiger partial charge in [-0.1, -0.05) is 0 Å². The molecule has 0 aliphatic carbocycles. The van der Waals surface area contributed by atoms with Crippen molar-refractivity contribution >= 4 is 39.1 Å². The Bertz CT molecular complexity index is 573. The Morgan fingerprint density at radius 3 is 2.79 bits per heavy atom. The van der Waals surface area contributed by atoms with Crippen LogP contribution in [0.5, 0.6) is 0 Å². The Labute approximate surface area is 120 Å². The molecule has 1 aromatic rings. The van der Waals surface area contributed by atoms with Crippen molar-refractivity contribution in [2.75, 3.05) is 11.5 Å². The summed E-state index contributed by atoms with van der Waals surface area (Å²) in [5.41, 5.74) is 0.482. The second kappa shape index (κ2) is 5.82. The van der Waals surface area contributed by atoms with Crippen molar-refractivity contribution in [1.82, 2.24) is 4.72 Å². The van der Waals surface area contributed by atoms with Crippen molar-refractivity contribution < 1.29 is 18.3 Å². The number of nitrogens with one attached hydrogen (secondary N) is 1. The van der Waals surface area contributed by atoms with Gasteiger partial charge in [-0.15, -0.1) is 11.3 Å². The maximum atomic E-state index is 12.2. The molecule has 8 heteroatoms. The predicted octanol–water partition coefficient (Wildman–Crippen LogP) is 1.93. The van der Waals surface area contributed by atoms with Crippen LogP contribution in [0.15, 0.2) is 10.3 Å². The van der Waals surface area contributed by atoms with Crippen molar-refractivity contribution in [2.45, 2.75) is 30.0 Å². The Morgan fingerprint density at radius 2 is 2.26 bits per heavy atom. The molecule has 2 N–H and O–H groups in total. The Morgan fingerprint density at radius 1 is 1.53 bits per heavy atom. The topological polar surface area (TPSA) is 83.5 Å². The fraction of sp³-hybridized carbons (Fsp3) is 0.545. The molecule has 5 nitrogen and oxygen atoms in total. The summed E-state index contributed by atoms with van der Waals surface area (Å²) in [6.45, 7) is 1.61. The summed E-state index contributed by atoms with van der Waals surface area (Å²) in [5, 5.41) is 8.96. The Kier molecular flexibility index (Phi) is 4.54. The number of aryl methyl sites for hydroxylation is 1. The van der Waals surface area contributed by atoms with E-state index in [1.54, 1.807) is 18.7 Å². The van der Waals surface area contributed by atoms with Gasteiger partial charge in [-0.3, -0.25) is 0 Å². The van der Waals surface area contributed by atoms with Gasteiger partial charge in [-0.05, 0) is 37.1 Å². The molecule has 0 amide bonds. The number of carbonyl (C=O) groups is 1. The van der Waals surface area contributed by atoms with E-state index in [4.69, 9.17) is 5.11 Å². The highest BCUT2D eigenvalue weighted by Crippen LogP contribution is 2.27. The summed E-state index contributed by atoms with van der Waals surface area (Å²) in [6, 6.07) is 1.37. The number of aromatic carboxylic acids is 1. The molecular weight excluding hydrogens is 306 g/mol.